The maximum atomic E-state index is 13.0. The molecule has 83 heavy (non-hydrogen) atoms. The summed E-state index contributed by atoms with van der Waals surface area (Å²) in [5, 5.41) is 0. The molecule has 6 nitrogen and oxygen atoms in total. The number of unbranched alkanes of at least 4 members (excludes halogenated alkanes) is 48. The van der Waals surface area contributed by atoms with Crippen LogP contribution >= 0.6 is 0 Å². The molecule has 0 aliphatic carbocycles. The minimum absolute atomic E-state index is 0.0988. The Kier molecular flexibility index (Phi) is 69.1. The van der Waals surface area contributed by atoms with E-state index in [1.165, 1.54) is 283 Å². The van der Waals surface area contributed by atoms with Crippen molar-refractivity contribution in [2.45, 2.75) is 399 Å². The van der Waals surface area contributed by atoms with Gasteiger partial charge in [0.05, 0.1) is 6.42 Å². The lowest BCUT2D eigenvalue weighted by atomic mass is 10.0. The van der Waals surface area contributed by atoms with Gasteiger partial charge in [-0.25, -0.2) is 0 Å². The molecule has 0 heterocycles. The zero-order chi connectivity index (χ0) is 59.9. The van der Waals surface area contributed by atoms with E-state index in [0.717, 1.165) is 70.6 Å². The van der Waals surface area contributed by atoms with E-state index in [1.54, 1.807) is 0 Å². The van der Waals surface area contributed by atoms with E-state index in [2.05, 4.69) is 69.4 Å². The molecule has 0 aromatic carbocycles. The summed E-state index contributed by atoms with van der Waals surface area (Å²) in [5.41, 5.74) is 0. The summed E-state index contributed by atoms with van der Waals surface area (Å²) < 4.78 is 16.9. The molecule has 484 valence electrons. The second-order valence-corrected chi connectivity index (χ2v) is 24.9. The smallest absolute Gasteiger partial charge is 0.309 e. The van der Waals surface area contributed by atoms with Crippen molar-refractivity contribution in [1.29, 1.82) is 0 Å². The van der Waals surface area contributed by atoms with E-state index in [1.807, 2.05) is 12.2 Å². The van der Waals surface area contributed by atoms with Gasteiger partial charge >= 0.3 is 17.9 Å². The molecule has 0 rings (SSSR count). The third kappa shape index (κ3) is 69.8. The van der Waals surface area contributed by atoms with Crippen LogP contribution in [-0.2, 0) is 28.6 Å². The first kappa shape index (κ1) is 80.1. The molecule has 6 heteroatoms. The topological polar surface area (TPSA) is 78.9 Å². The molecule has 0 saturated carbocycles. The molecule has 0 N–H and O–H groups in total. The summed E-state index contributed by atoms with van der Waals surface area (Å²) in [6, 6.07) is 0. The third-order valence-electron chi connectivity index (χ3n) is 16.6. The highest BCUT2D eigenvalue weighted by atomic mass is 16.6. The first-order valence-electron chi connectivity index (χ1n) is 36.8. The molecule has 0 amide bonds. The molecule has 0 fully saturated rings. The maximum Gasteiger partial charge on any atom is 0.309 e. The van der Waals surface area contributed by atoms with Crippen LogP contribution in [0.4, 0.5) is 0 Å². The fraction of sp³-hybridized carbons (Fsp3) is 0.831. The molecule has 0 aliphatic rings. The Balaban J connectivity index is 4.29. The van der Waals surface area contributed by atoms with Crippen LogP contribution in [0.25, 0.3) is 0 Å². The predicted octanol–water partition coefficient (Wildman–Crippen LogP) is 25.5. The standard InChI is InChI=1S/C77H140O6/c1-4-7-10-13-16-19-22-25-28-30-32-34-36-38-40-42-44-46-49-52-55-58-61-64-67-70-76(79)82-73-74(72-81-75(78)69-66-63-60-57-54-51-48-27-24-21-18-15-12-9-6-3)83-77(80)71-68-65-62-59-56-53-50-47-45-43-41-39-37-35-33-31-29-26-23-20-17-14-11-8-5-2/h9,12,18,21,27,48,54,57,63,66,74H,4-8,10-11,13-17,19-20,22-26,28-47,49-53,55-56,58-62,64-65,67-73H2,1-3H3/b12-9-,21-18-,48-27-,57-54-,66-63-. The molecular weight excluding hydrogens is 1020 g/mol. The average Bonchev–Trinajstić information content (AvgIpc) is 3.49. The van der Waals surface area contributed by atoms with Crippen LogP contribution in [0.1, 0.15) is 393 Å². The van der Waals surface area contributed by atoms with Crippen LogP contribution in [0.3, 0.4) is 0 Å². The lowest BCUT2D eigenvalue weighted by Crippen LogP contribution is -2.30. The molecule has 0 radical (unpaired) electrons. The van der Waals surface area contributed by atoms with Crippen LogP contribution in [0.15, 0.2) is 60.8 Å². The van der Waals surface area contributed by atoms with Crippen LogP contribution in [0, 0.1) is 0 Å². The van der Waals surface area contributed by atoms with Crippen molar-refractivity contribution in [3.8, 4) is 0 Å². The van der Waals surface area contributed by atoms with E-state index in [0.29, 0.717) is 12.8 Å². The van der Waals surface area contributed by atoms with Gasteiger partial charge < -0.3 is 14.2 Å². The monoisotopic (exact) mass is 1160 g/mol. The van der Waals surface area contributed by atoms with Crippen LogP contribution in [0.2, 0.25) is 0 Å². The highest BCUT2D eigenvalue weighted by Gasteiger charge is 2.19. The molecule has 0 aromatic rings. The first-order valence-corrected chi connectivity index (χ1v) is 36.8. The first-order chi connectivity index (χ1) is 41.0. The van der Waals surface area contributed by atoms with E-state index in [-0.39, 0.29) is 31.6 Å². The molecule has 1 unspecified atom stereocenters. The Morgan fingerprint density at radius 3 is 0.735 bits per heavy atom. The number of hydrogen-bond donors (Lipinski definition) is 0. The quantitative estimate of drug-likeness (QED) is 0.0261. The number of carbonyl (C=O) groups is 3. The van der Waals surface area contributed by atoms with Crippen molar-refractivity contribution in [2.75, 3.05) is 13.2 Å². The highest BCUT2D eigenvalue weighted by Crippen LogP contribution is 2.19. The van der Waals surface area contributed by atoms with Gasteiger partial charge in [0, 0.05) is 12.8 Å². The van der Waals surface area contributed by atoms with Crippen molar-refractivity contribution in [2.24, 2.45) is 0 Å². The van der Waals surface area contributed by atoms with Gasteiger partial charge in [0.2, 0.25) is 0 Å². The summed E-state index contributed by atoms with van der Waals surface area (Å²) in [6.45, 7) is 6.52. The Morgan fingerprint density at radius 2 is 0.470 bits per heavy atom. The van der Waals surface area contributed by atoms with E-state index < -0.39 is 12.1 Å². The Hall–Kier alpha value is -2.89. The maximum absolute atomic E-state index is 13.0. The third-order valence-corrected chi connectivity index (χ3v) is 16.6. The van der Waals surface area contributed by atoms with E-state index >= 15 is 0 Å². The van der Waals surface area contributed by atoms with Crippen LogP contribution in [0.5, 0.6) is 0 Å². The van der Waals surface area contributed by atoms with Crippen LogP contribution in [-0.4, -0.2) is 37.2 Å². The molecule has 0 spiro atoms. The van der Waals surface area contributed by atoms with Crippen molar-refractivity contribution in [3.05, 3.63) is 60.8 Å². The fourth-order valence-electron chi connectivity index (χ4n) is 11.1. The lowest BCUT2D eigenvalue weighted by Gasteiger charge is -2.18. The van der Waals surface area contributed by atoms with Crippen molar-refractivity contribution < 1.29 is 28.6 Å². The molecule has 0 bridgehead atoms. The summed E-state index contributed by atoms with van der Waals surface area (Å²) >= 11 is 0. The number of esters is 3. The normalized spacial score (nSPS) is 12.4. The van der Waals surface area contributed by atoms with Gasteiger partial charge in [-0.15, -0.1) is 0 Å². The zero-order valence-electron chi connectivity index (χ0n) is 55.7. The fourth-order valence-corrected chi connectivity index (χ4v) is 11.1. The molecule has 0 saturated heterocycles. The Bertz CT molecular complexity index is 1470. The van der Waals surface area contributed by atoms with Gasteiger partial charge in [-0.1, -0.05) is 390 Å². The molecule has 1 atom stereocenters. The second kappa shape index (κ2) is 71.6. The van der Waals surface area contributed by atoms with Gasteiger partial charge in [-0.05, 0) is 44.9 Å². The number of rotatable bonds is 68. The minimum Gasteiger partial charge on any atom is -0.462 e. The van der Waals surface area contributed by atoms with Gasteiger partial charge in [-0.3, -0.25) is 14.4 Å². The SMILES string of the molecule is CC/C=C\C/C=C\C/C=C\C/C=C\C/C=C\CC(=O)OCC(COC(=O)CCCCCCCCCCCCCCCCCCCCCCCCCCC)OC(=O)CCCCCCCCCCCCCCCCCCCCCCCCCCC. The second-order valence-electron chi connectivity index (χ2n) is 24.9. The van der Waals surface area contributed by atoms with Gasteiger partial charge in [-0.2, -0.15) is 0 Å². The molecular formula is C77H140O6. The highest BCUT2D eigenvalue weighted by molar-refractivity contribution is 5.72. The number of ether oxygens (including phenoxy) is 3. The van der Waals surface area contributed by atoms with Gasteiger partial charge in [0.1, 0.15) is 13.2 Å². The summed E-state index contributed by atoms with van der Waals surface area (Å²) in [5.74, 6) is -1.01. The number of carbonyl (C=O) groups excluding carboxylic acids is 3. The zero-order valence-corrected chi connectivity index (χ0v) is 55.7. The minimum atomic E-state index is -0.813. The Labute approximate surface area is 517 Å². The van der Waals surface area contributed by atoms with Crippen molar-refractivity contribution >= 4 is 17.9 Å². The Morgan fingerprint density at radius 1 is 0.253 bits per heavy atom. The molecule has 0 aromatic heterocycles. The van der Waals surface area contributed by atoms with Gasteiger partial charge in [0.15, 0.2) is 6.10 Å². The summed E-state index contributed by atoms with van der Waals surface area (Å²) in [6.07, 6.45) is 93.0. The summed E-state index contributed by atoms with van der Waals surface area (Å²) in [4.78, 5) is 38.4. The average molecular weight is 1160 g/mol. The van der Waals surface area contributed by atoms with Crippen molar-refractivity contribution in [3.63, 3.8) is 0 Å². The molecule has 0 aliphatic heterocycles. The summed E-state index contributed by atoms with van der Waals surface area (Å²) in [7, 11) is 0. The largest absolute Gasteiger partial charge is 0.462 e. The van der Waals surface area contributed by atoms with E-state index in [4.69, 9.17) is 14.2 Å². The lowest BCUT2D eigenvalue weighted by molar-refractivity contribution is -0.166. The van der Waals surface area contributed by atoms with Gasteiger partial charge in [0.25, 0.3) is 0 Å². The van der Waals surface area contributed by atoms with Crippen molar-refractivity contribution in [1.82, 2.24) is 0 Å². The predicted molar refractivity (Wildman–Crippen MR) is 362 cm³/mol. The number of allylic oxidation sites excluding steroid dienone is 9. The van der Waals surface area contributed by atoms with Crippen LogP contribution < -0.4 is 0 Å². The van der Waals surface area contributed by atoms with E-state index in [9.17, 15) is 14.4 Å². The number of hydrogen-bond acceptors (Lipinski definition) is 6.